The van der Waals surface area contributed by atoms with Crippen LogP contribution in [-0.2, 0) is 6.61 Å². The molecular formula is C22H29N3O2. The van der Waals surface area contributed by atoms with Crippen LogP contribution in [0.25, 0.3) is 0 Å². The molecule has 27 heavy (non-hydrogen) atoms. The third-order valence-electron chi connectivity index (χ3n) is 5.49. The maximum atomic E-state index is 9.53. The number of hydrogen-bond acceptors (Lipinski definition) is 5. The Morgan fingerprint density at radius 2 is 2.00 bits per heavy atom. The van der Waals surface area contributed by atoms with Crippen molar-refractivity contribution < 1.29 is 9.84 Å². The lowest BCUT2D eigenvalue weighted by atomic mass is 9.89. The molecule has 1 fully saturated rings. The summed E-state index contributed by atoms with van der Waals surface area (Å²) >= 11 is 0. The molecule has 1 aliphatic heterocycles. The van der Waals surface area contributed by atoms with E-state index in [0.29, 0.717) is 6.42 Å². The summed E-state index contributed by atoms with van der Waals surface area (Å²) in [5.74, 6) is 1.85. The molecule has 3 rings (SSSR count). The number of aryl methyl sites for hydroxylation is 1. The van der Waals surface area contributed by atoms with Crippen molar-refractivity contribution in [3.8, 4) is 11.8 Å². The Bertz CT molecular complexity index is 783. The predicted octanol–water partition coefficient (Wildman–Crippen LogP) is 2.86. The van der Waals surface area contributed by atoms with Crippen LogP contribution in [0.3, 0.4) is 0 Å². The van der Waals surface area contributed by atoms with Gasteiger partial charge in [0.15, 0.2) is 0 Å². The number of hydrogen-bond donors (Lipinski definition) is 1. The van der Waals surface area contributed by atoms with Gasteiger partial charge < -0.3 is 14.7 Å². The third kappa shape index (κ3) is 4.78. The van der Waals surface area contributed by atoms with Crippen LogP contribution in [0.5, 0.6) is 5.75 Å². The molecule has 1 aliphatic carbocycles. The normalized spacial score (nSPS) is 21.7. The molecule has 0 amide bonds. The highest BCUT2D eigenvalue weighted by Crippen LogP contribution is 2.32. The van der Waals surface area contributed by atoms with Crippen LogP contribution in [0.4, 0.5) is 0 Å². The van der Waals surface area contributed by atoms with Gasteiger partial charge in [0.2, 0.25) is 0 Å². The molecule has 1 aromatic carbocycles. The van der Waals surface area contributed by atoms with Crippen LogP contribution in [0.1, 0.15) is 24.5 Å². The topological polar surface area (TPSA) is 59.7 Å². The summed E-state index contributed by atoms with van der Waals surface area (Å²) in [6, 6.07) is 8.17. The second-order valence-corrected chi connectivity index (χ2v) is 7.70. The van der Waals surface area contributed by atoms with Crippen molar-refractivity contribution >= 4 is 0 Å². The molecule has 1 heterocycles. The third-order valence-corrected chi connectivity index (χ3v) is 5.49. The van der Waals surface area contributed by atoms with E-state index in [4.69, 9.17) is 4.74 Å². The highest BCUT2D eigenvalue weighted by atomic mass is 16.5. The first-order valence-corrected chi connectivity index (χ1v) is 9.63. The first kappa shape index (κ1) is 19.6. The minimum atomic E-state index is 0.00424. The smallest absolute Gasteiger partial charge is 0.127 e. The fourth-order valence-corrected chi connectivity index (χ4v) is 3.70. The van der Waals surface area contributed by atoms with E-state index in [1.54, 1.807) is 0 Å². The zero-order valence-corrected chi connectivity index (χ0v) is 16.5. The maximum absolute atomic E-state index is 9.53. The molecule has 2 aliphatic rings. The Morgan fingerprint density at radius 1 is 1.26 bits per heavy atom. The quantitative estimate of drug-likeness (QED) is 0.867. The summed E-state index contributed by atoms with van der Waals surface area (Å²) in [6.07, 6.45) is 2.71. The number of piperazine rings is 1. The van der Waals surface area contributed by atoms with Gasteiger partial charge in [-0.2, -0.15) is 5.26 Å². The van der Waals surface area contributed by atoms with E-state index in [1.165, 1.54) is 0 Å². The second-order valence-electron chi connectivity index (χ2n) is 7.70. The van der Waals surface area contributed by atoms with Crippen LogP contribution in [0.2, 0.25) is 0 Å². The minimum absolute atomic E-state index is 0.00424. The summed E-state index contributed by atoms with van der Waals surface area (Å²) in [5, 5.41) is 18.9. The van der Waals surface area contributed by atoms with E-state index in [2.05, 4.69) is 29.8 Å². The monoisotopic (exact) mass is 367 g/mol. The van der Waals surface area contributed by atoms with Gasteiger partial charge in [-0.05, 0) is 49.7 Å². The standard InChI is InChI=1S/C22H29N3O2/c1-16-4-5-21(12-20(16)15-26)27-22-17(2)10-18(13-23)11-19(22)14-25-8-6-24(3)7-9-25/h4-5,11-12,17,26H,6-10,14-15H2,1-3H3. The number of nitriles is 1. The number of allylic oxidation sites excluding steroid dienone is 2. The Morgan fingerprint density at radius 3 is 2.67 bits per heavy atom. The van der Waals surface area contributed by atoms with E-state index < -0.39 is 0 Å². The summed E-state index contributed by atoms with van der Waals surface area (Å²) in [7, 11) is 2.15. The van der Waals surface area contributed by atoms with Gasteiger partial charge in [0.1, 0.15) is 11.5 Å². The van der Waals surface area contributed by atoms with Gasteiger partial charge >= 0.3 is 0 Å². The highest BCUT2D eigenvalue weighted by molar-refractivity contribution is 5.42. The number of ether oxygens (including phenoxy) is 1. The minimum Gasteiger partial charge on any atom is -0.461 e. The molecule has 0 saturated carbocycles. The highest BCUT2D eigenvalue weighted by Gasteiger charge is 2.25. The average Bonchev–Trinajstić information content (AvgIpc) is 2.67. The van der Waals surface area contributed by atoms with Gasteiger partial charge in [-0.15, -0.1) is 0 Å². The van der Waals surface area contributed by atoms with E-state index in [1.807, 2.05) is 31.2 Å². The number of aliphatic hydroxyl groups is 1. The summed E-state index contributed by atoms with van der Waals surface area (Å²) < 4.78 is 6.31. The molecule has 0 bridgehead atoms. The Kier molecular flexibility index (Phi) is 6.33. The van der Waals surface area contributed by atoms with Crippen molar-refractivity contribution in [3.05, 3.63) is 52.3 Å². The van der Waals surface area contributed by atoms with Gasteiger partial charge in [0.05, 0.1) is 12.7 Å². The molecule has 0 radical (unpaired) electrons. The maximum Gasteiger partial charge on any atom is 0.127 e. The largest absolute Gasteiger partial charge is 0.461 e. The lowest BCUT2D eigenvalue weighted by molar-refractivity contribution is 0.162. The number of aliphatic hydroxyl groups excluding tert-OH is 1. The Labute approximate surface area is 162 Å². The van der Waals surface area contributed by atoms with Crippen molar-refractivity contribution in [1.82, 2.24) is 9.80 Å². The number of rotatable bonds is 5. The van der Waals surface area contributed by atoms with Crippen LogP contribution >= 0.6 is 0 Å². The molecule has 1 atom stereocenters. The van der Waals surface area contributed by atoms with Crippen LogP contribution in [-0.4, -0.2) is 54.7 Å². The number of benzene rings is 1. The van der Waals surface area contributed by atoms with Crippen molar-refractivity contribution in [2.75, 3.05) is 39.8 Å². The second kappa shape index (κ2) is 8.71. The summed E-state index contributed by atoms with van der Waals surface area (Å²) in [5.41, 5.74) is 3.85. The summed E-state index contributed by atoms with van der Waals surface area (Å²) in [4.78, 5) is 4.77. The zero-order chi connectivity index (χ0) is 19.4. The van der Waals surface area contributed by atoms with E-state index in [0.717, 1.165) is 66.5 Å². The van der Waals surface area contributed by atoms with Gasteiger partial charge in [-0.1, -0.05) is 13.0 Å². The van der Waals surface area contributed by atoms with Gasteiger partial charge in [-0.25, -0.2) is 0 Å². The van der Waals surface area contributed by atoms with Gasteiger partial charge in [-0.3, -0.25) is 4.90 Å². The van der Waals surface area contributed by atoms with Crippen molar-refractivity contribution in [3.63, 3.8) is 0 Å². The Hall–Kier alpha value is -2.13. The van der Waals surface area contributed by atoms with E-state index in [-0.39, 0.29) is 12.5 Å². The first-order valence-electron chi connectivity index (χ1n) is 9.63. The van der Waals surface area contributed by atoms with E-state index in [9.17, 15) is 10.4 Å². The lowest BCUT2D eigenvalue weighted by Crippen LogP contribution is -2.45. The predicted molar refractivity (Wildman–Crippen MR) is 106 cm³/mol. The van der Waals surface area contributed by atoms with Crippen molar-refractivity contribution in [1.29, 1.82) is 5.26 Å². The molecule has 1 aromatic rings. The molecule has 5 heteroatoms. The molecule has 144 valence electrons. The Balaban J connectivity index is 1.87. The average molecular weight is 367 g/mol. The van der Waals surface area contributed by atoms with Gasteiger partial charge in [0.25, 0.3) is 0 Å². The van der Waals surface area contributed by atoms with E-state index >= 15 is 0 Å². The number of nitrogens with zero attached hydrogens (tertiary/aromatic N) is 3. The van der Waals surface area contributed by atoms with Crippen LogP contribution in [0, 0.1) is 24.2 Å². The fourth-order valence-electron chi connectivity index (χ4n) is 3.70. The van der Waals surface area contributed by atoms with Gasteiger partial charge in [0, 0.05) is 49.8 Å². The van der Waals surface area contributed by atoms with Crippen LogP contribution in [0.15, 0.2) is 41.2 Å². The van der Waals surface area contributed by atoms with Crippen molar-refractivity contribution in [2.24, 2.45) is 5.92 Å². The van der Waals surface area contributed by atoms with Crippen molar-refractivity contribution in [2.45, 2.75) is 26.9 Å². The zero-order valence-electron chi connectivity index (χ0n) is 16.5. The molecule has 0 spiro atoms. The molecule has 1 unspecified atom stereocenters. The summed E-state index contributed by atoms with van der Waals surface area (Å²) in [6.45, 7) is 9.08. The molecule has 1 N–H and O–H groups in total. The molecule has 0 aromatic heterocycles. The first-order chi connectivity index (χ1) is 13.0. The lowest BCUT2D eigenvalue weighted by Gasteiger charge is -2.34. The fraction of sp³-hybridized carbons (Fsp3) is 0.500. The van der Waals surface area contributed by atoms with Crippen LogP contribution < -0.4 is 4.74 Å². The molecule has 5 nitrogen and oxygen atoms in total. The SMILES string of the molecule is Cc1ccc(OC2=C(CN3CCN(C)CC3)C=C(C#N)CC2C)cc1CO. The molecular weight excluding hydrogens is 338 g/mol. The molecule has 1 saturated heterocycles. The number of likely N-dealkylation sites (N-methyl/N-ethyl adjacent to an activating group) is 1.